The Bertz CT molecular complexity index is 884. The minimum Gasteiger partial charge on any atom is -0.312 e. The molecule has 2 aromatic carbocycles. The van der Waals surface area contributed by atoms with Crippen molar-refractivity contribution < 1.29 is 4.79 Å². The number of halogens is 2. The second-order valence-corrected chi connectivity index (χ2v) is 7.38. The molecule has 0 fully saturated rings. The van der Waals surface area contributed by atoms with E-state index in [2.05, 4.69) is 15.9 Å². The zero-order chi connectivity index (χ0) is 17.1. The normalized spacial score (nSPS) is 25.4. The lowest BCUT2D eigenvalue weighted by Crippen LogP contribution is -2.56. The molecule has 2 aliphatic heterocycles. The number of carbonyl (C=O) groups excluding carboxylic acids is 1. The maximum atomic E-state index is 12.9. The molecule has 0 saturated heterocycles. The molecule has 1 spiro atoms. The number of hydrazone groups is 1. The van der Waals surface area contributed by atoms with Gasteiger partial charge in [0.15, 0.2) is 5.66 Å². The summed E-state index contributed by atoms with van der Waals surface area (Å²) in [6.45, 7) is 1.96. The molecule has 4 nitrogen and oxygen atoms in total. The molecule has 0 radical (unpaired) electrons. The number of benzene rings is 2. The largest absolute Gasteiger partial charge is 0.312 e. The summed E-state index contributed by atoms with van der Waals surface area (Å²) in [5.74, 6) is -0.00743. The van der Waals surface area contributed by atoms with Crippen LogP contribution in [-0.2, 0) is 5.66 Å². The quantitative estimate of drug-likeness (QED) is 0.667. The van der Waals surface area contributed by atoms with Gasteiger partial charge in [-0.05, 0) is 31.2 Å². The van der Waals surface area contributed by atoms with E-state index >= 15 is 0 Å². The van der Waals surface area contributed by atoms with Gasteiger partial charge in [-0.1, -0.05) is 51.8 Å². The number of fused-ring (bicyclic) bond motifs is 2. The molecule has 2 aromatic rings. The molecule has 0 aromatic heterocycles. The summed E-state index contributed by atoms with van der Waals surface area (Å²) >= 11 is 9.97. The van der Waals surface area contributed by atoms with Crippen LogP contribution < -0.4 is 5.01 Å². The van der Waals surface area contributed by atoms with Crippen LogP contribution in [0.25, 0.3) is 0 Å². The maximum Gasteiger partial charge on any atom is 0.256 e. The van der Waals surface area contributed by atoms with Crippen molar-refractivity contribution in [1.29, 1.82) is 0 Å². The summed E-state index contributed by atoms with van der Waals surface area (Å²) in [7, 11) is 1.82. The lowest BCUT2D eigenvalue weighted by Gasteiger charge is -2.42. The van der Waals surface area contributed by atoms with Crippen molar-refractivity contribution in [3.05, 3.63) is 64.7 Å². The van der Waals surface area contributed by atoms with E-state index in [-0.39, 0.29) is 10.7 Å². The molecule has 0 aliphatic carbocycles. The summed E-state index contributed by atoms with van der Waals surface area (Å²) < 4.78 is 0. The lowest BCUT2D eigenvalue weighted by atomic mass is 9.93. The Morgan fingerprint density at radius 1 is 1.21 bits per heavy atom. The Kier molecular flexibility index (Phi) is 3.48. The number of alkyl halides is 1. The van der Waals surface area contributed by atoms with Crippen LogP contribution in [-0.4, -0.2) is 28.4 Å². The third-order valence-corrected chi connectivity index (χ3v) is 6.26. The van der Waals surface area contributed by atoms with Crippen molar-refractivity contribution in [3.8, 4) is 0 Å². The van der Waals surface area contributed by atoms with Crippen molar-refractivity contribution >= 4 is 44.8 Å². The van der Waals surface area contributed by atoms with E-state index in [1.165, 1.54) is 0 Å². The molecule has 2 unspecified atom stereocenters. The first kappa shape index (κ1) is 15.7. The van der Waals surface area contributed by atoms with E-state index in [1.54, 1.807) is 4.90 Å². The van der Waals surface area contributed by atoms with E-state index in [9.17, 15) is 4.79 Å². The predicted octanol–water partition coefficient (Wildman–Crippen LogP) is 4.24. The fraction of sp³-hybridized carbons (Fsp3) is 0.222. The van der Waals surface area contributed by atoms with Gasteiger partial charge in [0.1, 0.15) is 4.83 Å². The van der Waals surface area contributed by atoms with Crippen molar-refractivity contribution in [2.75, 3.05) is 12.1 Å². The Hall–Kier alpha value is -1.85. The zero-order valence-corrected chi connectivity index (χ0v) is 15.5. The number of nitrogens with zero attached hydrogens (tertiary/aromatic N) is 3. The number of amides is 1. The summed E-state index contributed by atoms with van der Waals surface area (Å²) in [6.07, 6.45) is 0. The van der Waals surface area contributed by atoms with Gasteiger partial charge >= 0.3 is 0 Å². The molecule has 4 rings (SSSR count). The monoisotopic (exact) mass is 403 g/mol. The smallest absolute Gasteiger partial charge is 0.256 e. The van der Waals surface area contributed by atoms with Crippen molar-refractivity contribution in [2.45, 2.75) is 17.4 Å². The summed E-state index contributed by atoms with van der Waals surface area (Å²) in [5, 5.41) is 7.28. The van der Waals surface area contributed by atoms with E-state index in [0.29, 0.717) is 10.6 Å². The number of carbonyl (C=O) groups is 1. The Labute approximate surface area is 153 Å². The van der Waals surface area contributed by atoms with E-state index in [0.717, 1.165) is 17.0 Å². The molecule has 2 aliphatic rings. The van der Waals surface area contributed by atoms with Crippen molar-refractivity contribution in [3.63, 3.8) is 0 Å². The fourth-order valence-electron chi connectivity index (χ4n) is 3.62. The van der Waals surface area contributed by atoms with Crippen LogP contribution >= 0.6 is 27.5 Å². The minimum absolute atomic E-state index is 0.00743. The molecule has 2 atom stereocenters. The Morgan fingerprint density at radius 2 is 1.96 bits per heavy atom. The van der Waals surface area contributed by atoms with Gasteiger partial charge in [-0.25, -0.2) is 5.01 Å². The first-order valence-electron chi connectivity index (χ1n) is 7.60. The van der Waals surface area contributed by atoms with Crippen LogP contribution in [0.3, 0.4) is 0 Å². The Balaban J connectivity index is 2.00. The second kappa shape index (κ2) is 5.33. The fourth-order valence-corrected chi connectivity index (χ4v) is 4.64. The van der Waals surface area contributed by atoms with Gasteiger partial charge in [-0.15, -0.1) is 0 Å². The van der Waals surface area contributed by atoms with Crippen molar-refractivity contribution in [2.24, 2.45) is 5.10 Å². The maximum absolute atomic E-state index is 12.9. The van der Waals surface area contributed by atoms with E-state index in [1.807, 2.05) is 67.5 Å². The first-order valence-corrected chi connectivity index (χ1v) is 8.90. The number of anilines is 1. The highest BCUT2D eigenvalue weighted by molar-refractivity contribution is 9.10. The molecule has 0 N–H and O–H groups in total. The number of rotatable bonds is 1. The van der Waals surface area contributed by atoms with Gasteiger partial charge in [-0.2, -0.15) is 5.10 Å². The van der Waals surface area contributed by atoms with Gasteiger partial charge in [0.2, 0.25) is 0 Å². The van der Waals surface area contributed by atoms with Crippen LogP contribution in [0.5, 0.6) is 0 Å². The molecule has 122 valence electrons. The van der Waals surface area contributed by atoms with E-state index in [4.69, 9.17) is 16.7 Å². The molecule has 6 heteroatoms. The third kappa shape index (κ3) is 1.85. The van der Waals surface area contributed by atoms with E-state index < -0.39 is 5.66 Å². The van der Waals surface area contributed by atoms with Crippen molar-refractivity contribution in [1.82, 2.24) is 4.90 Å². The summed E-state index contributed by atoms with van der Waals surface area (Å²) in [6, 6.07) is 15.2. The average Bonchev–Trinajstić information content (AvgIpc) is 2.98. The molecular weight excluding hydrogens is 390 g/mol. The van der Waals surface area contributed by atoms with Gasteiger partial charge in [0, 0.05) is 23.2 Å². The number of hydrogen-bond donors (Lipinski definition) is 0. The first-order chi connectivity index (χ1) is 11.5. The highest BCUT2D eigenvalue weighted by atomic mass is 79.9. The lowest BCUT2D eigenvalue weighted by molar-refractivity contribution is 0.0659. The highest BCUT2D eigenvalue weighted by Gasteiger charge is 2.60. The predicted molar refractivity (Wildman–Crippen MR) is 100.0 cm³/mol. The van der Waals surface area contributed by atoms with Gasteiger partial charge in [0.25, 0.3) is 5.91 Å². The Morgan fingerprint density at radius 3 is 2.71 bits per heavy atom. The standard InChI is InChI=1S/C18H15BrClN3O/c1-11-16(19)18(23(21-11)13-7-5-6-12(20)10-13)15-9-4-3-8-14(15)17(24)22(18)2/h3-10,16H,1-2H3. The zero-order valence-electron chi connectivity index (χ0n) is 13.2. The highest BCUT2D eigenvalue weighted by Crippen LogP contribution is 2.51. The second-order valence-electron chi connectivity index (χ2n) is 6.03. The molecule has 0 saturated carbocycles. The van der Waals surface area contributed by atoms with Gasteiger partial charge in [-0.3, -0.25) is 4.79 Å². The van der Waals surface area contributed by atoms with Crippen LogP contribution in [0.15, 0.2) is 53.6 Å². The van der Waals surface area contributed by atoms with Gasteiger partial charge < -0.3 is 4.90 Å². The number of hydrogen-bond acceptors (Lipinski definition) is 3. The summed E-state index contributed by atoms with van der Waals surface area (Å²) in [5.41, 5.74) is 2.68. The van der Waals surface area contributed by atoms with Crippen LogP contribution in [0.2, 0.25) is 5.02 Å². The minimum atomic E-state index is -0.734. The molecule has 2 heterocycles. The third-order valence-electron chi connectivity index (χ3n) is 4.72. The SMILES string of the molecule is CC1=NN(c2cccc(Cl)c2)C2(c3ccccc3C(=O)N2C)C1Br. The summed E-state index contributed by atoms with van der Waals surface area (Å²) in [4.78, 5) is 14.5. The van der Waals surface area contributed by atoms with Crippen LogP contribution in [0.1, 0.15) is 22.8 Å². The molecule has 1 amide bonds. The molecule has 24 heavy (non-hydrogen) atoms. The average molecular weight is 405 g/mol. The topological polar surface area (TPSA) is 35.9 Å². The van der Waals surface area contributed by atoms with Crippen LogP contribution in [0.4, 0.5) is 5.69 Å². The molecular formula is C18H15BrClN3O. The van der Waals surface area contributed by atoms with Crippen LogP contribution in [0, 0.1) is 0 Å². The van der Waals surface area contributed by atoms with Gasteiger partial charge in [0.05, 0.1) is 11.4 Å². The molecule has 0 bridgehead atoms.